The summed E-state index contributed by atoms with van der Waals surface area (Å²) in [6.45, 7) is 6.07. The quantitative estimate of drug-likeness (QED) is 0.491. The summed E-state index contributed by atoms with van der Waals surface area (Å²) in [5, 5.41) is 4.70. The molecule has 0 saturated carbocycles. The fourth-order valence-electron chi connectivity index (χ4n) is 3.68. The first-order valence-corrected chi connectivity index (χ1v) is 11.6. The number of sulfonamides is 1. The fourth-order valence-corrected chi connectivity index (χ4v) is 5.09. The fraction of sp³-hybridized carbons (Fsp3) is 0.429. The molecule has 10 heteroatoms. The molecule has 0 amide bonds. The zero-order valence-corrected chi connectivity index (χ0v) is 18.7. The average Bonchev–Trinajstić information content (AvgIpc) is 3.37. The predicted octanol–water partition coefficient (Wildman–Crippen LogP) is 2.64. The Kier molecular flexibility index (Phi) is 6.12. The molecule has 0 spiro atoms. The summed E-state index contributed by atoms with van der Waals surface area (Å²) in [7, 11) is -2.12. The van der Waals surface area contributed by atoms with Crippen LogP contribution in [0.4, 0.5) is 0 Å². The average molecular weight is 447 g/mol. The zero-order chi connectivity index (χ0) is 22.0. The molecule has 1 aliphatic heterocycles. The summed E-state index contributed by atoms with van der Waals surface area (Å²) in [5.74, 6) is 1.68. The number of nitrogens with zero attached hydrogens (tertiary/aromatic N) is 4. The summed E-state index contributed by atoms with van der Waals surface area (Å²) in [6.07, 6.45) is 2.18. The van der Waals surface area contributed by atoms with Crippen molar-refractivity contribution in [3.63, 3.8) is 0 Å². The van der Waals surface area contributed by atoms with Crippen molar-refractivity contribution >= 4 is 10.0 Å². The van der Waals surface area contributed by atoms with E-state index < -0.39 is 10.0 Å². The number of benzene rings is 1. The molecule has 0 bridgehead atoms. The number of ether oxygens (including phenoxy) is 2. The molecule has 166 valence electrons. The number of oxazole rings is 1. The van der Waals surface area contributed by atoms with Crippen molar-refractivity contribution in [2.45, 2.75) is 38.3 Å². The largest absolute Gasteiger partial charge is 0.497 e. The van der Waals surface area contributed by atoms with Gasteiger partial charge in [-0.05, 0) is 38.1 Å². The van der Waals surface area contributed by atoms with E-state index in [-0.39, 0.29) is 11.4 Å². The Morgan fingerprint density at radius 3 is 2.65 bits per heavy atom. The van der Waals surface area contributed by atoms with Gasteiger partial charge in [-0.2, -0.15) is 9.40 Å². The Morgan fingerprint density at radius 2 is 2.00 bits per heavy atom. The van der Waals surface area contributed by atoms with Gasteiger partial charge in [0, 0.05) is 37.4 Å². The summed E-state index contributed by atoms with van der Waals surface area (Å²) in [5.41, 5.74) is 2.39. The van der Waals surface area contributed by atoms with Crippen molar-refractivity contribution in [2.75, 3.05) is 26.9 Å². The smallest absolute Gasteiger partial charge is 0.247 e. The Bertz CT molecular complexity index is 1150. The van der Waals surface area contributed by atoms with Crippen LogP contribution < -0.4 is 4.74 Å². The summed E-state index contributed by atoms with van der Waals surface area (Å²) in [6, 6.07) is 6.42. The van der Waals surface area contributed by atoms with E-state index in [2.05, 4.69) is 4.98 Å². The van der Waals surface area contributed by atoms with Crippen molar-refractivity contribution in [1.29, 1.82) is 0 Å². The maximum atomic E-state index is 13.3. The number of hydrogen-bond donors (Lipinski definition) is 0. The molecular weight excluding hydrogens is 420 g/mol. The van der Waals surface area contributed by atoms with Gasteiger partial charge in [-0.3, -0.25) is 4.68 Å². The molecule has 3 heterocycles. The van der Waals surface area contributed by atoms with Crippen LogP contribution in [0, 0.1) is 6.92 Å². The molecule has 0 aliphatic carbocycles. The molecule has 0 atom stereocenters. The van der Waals surface area contributed by atoms with Crippen molar-refractivity contribution in [3.8, 4) is 17.3 Å². The Balaban J connectivity index is 1.68. The topological polar surface area (TPSA) is 99.7 Å². The summed E-state index contributed by atoms with van der Waals surface area (Å²) in [4.78, 5) is 4.54. The lowest BCUT2D eigenvalue weighted by molar-refractivity contribution is 0.135. The number of rotatable bonds is 8. The van der Waals surface area contributed by atoms with Crippen LogP contribution in [0.25, 0.3) is 11.6 Å². The molecule has 0 saturated heterocycles. The first-order valence-electron chi connectivity index (χ1n) is 10.2. The third-order valence-corrected chi connectivity index (χ3v) is 7.13. The van der Waals surface area contributed by atoms with E-state index in [0.29, 0.717) is 55.8 Å². The van der Waals surface area contributed by atoms with Gasteiger partial charge in [-0.25, -0.2) is 13.4 Å². The minimum absolute atomic E-state index is 0.203. The van der Waals surface area contributed by atoms with Crippen molar-refractivity contribution in [3.05, 3.63) is 47.5 Å². The lowest BCUT2D eigenvalue weighted by atomic mass is 10.1. The van der Waals surface area contributed by atoms with Crippen LogP contribution in [-0.2, 0) is 34.3 Å². The molecule has 4 rings (SSSR count). The minimum Gasteiger partial charge on any atom is -0.497 e. The van der Waals surface area contributed by atoms with Crippen LogP contribution in [0.1, 0.15) is 23.9 Å². The normalized spacial score (nSPS) is 14.5. The molecule has 0 N–H and O–H groups in total. The van der Waals surface area contributed by atoms with Gasteiger partial charge in [-0.15, -0.1) is 0 Å². The van der Waals surface area contributed by atoms with E-state index in [9.17, 15) is 8.42 Å². The molecule has 0 radical (unpaired) electrons. The van der Waals surface area contributed by atoms with Crippen molar-refractivity contribution < 1.29 is 22.3 Å². The van der Waals surface area contributed by atoms with E-state index >= 15 is 0 Å². The Morgan fingerprint density at radius 1 is 1.23 bits per heavy atom. The van der Waals surface area contributed by atoms with Gasteiger partial charge in [0.1, 0.15) is 11.5 Å². The Labute approximate surface area is 181 Å². The maximum absolute atomic E-state index is 13.3. The summed E-state index contributed by atoms with van der Waals surface area (Å²) < 4.78 is 46.2. The van der Waals surface area contributed by atoms with E-state index in [0.717, 1.165) is 11.3 Å². The van der Waals surface area contributed by atoms with E-state index in [1.54, 1.807) is 37.6 Å². The van der Waals surface area contributed by atoms with Crippen LogP contribution in [0.5, 0.6) is 5.75 Å². The Hall–Kier alpha value is -2.69. The number of aryl methyl sites for hydroxylation is 1. The number of methoxy groups -OCH3 is 1. The highest BCUT2D eigenvalue weighted by Gasteiger charge is 2.33. The SMILES string of the molecule is CCOCCn1nc(-c2ncc(C)o2)c2c1CCN(S(=O)(=O)c1ccc(OC)cc1)C2. The molecule has 9 nitrogen and oxygen atoms in total. The van der Waals surface area contributed by atoms with Gasteiger partial charge in [0.25, 0.3) is 0 Å². The third-order valence-electron chi connectivity index (χ3n) is 5.27. The second-order valence-corrected chi connectivity index (χ2v) is 9.17. The number of fused-ring (bicyclic) bond motifs is 1. The van der Waals surface area contributed by atoms with Gasteiger partial charge >= 0.3 is 0 Å². The standard InChI is InChI=1S/C21H26N4O5S/c1-4-29-12-11-25-19-9-10-24(31(26,27)17-7-5-16(28-3)6-8-17)14-18(19)20(23-25)21-22-13-15(2)30-21/h5-8,13H,4,9-12,14H2,1-3H3. The molecule has 1 aromatic carbocycles. The molecule has 1 aliphatic rings. The molecule has 0 unspecified atom stereocenters. The molecule has 31 heavy (non-hydrogen) atoms. The molecule has 3 aromatic rings. The molecular formula is C21H26N4O5S. The van der Waals surface area contributed by atoms with Gasteiger partial charge in [0.05, 0.1) is 31.4 Å². The van der Waals surface area contributed by atoms with Gasteiger partial charge in [0.15, 0.2) is 5.69 Å². The third kappa shape index (κ3) is 4.23. The van der Waals surface area contributed by atoms with Gasteiger partial charge < -0.3 is 13.9 Å². The predicted molar refractivity (Wildman–Crippen MR) is 113 cm³/mol. The van der Waals surface area contributed by atoms with Crippen molar-refractivity contribution in [2.24, 2.45) is 0 Å². The first-order chi connectivity index (χ1) is 14.9. The van der Waals surface area contributed by atoms with Gasteiger partial charge in [-0.1, -0.05) is 0 Å². The number of aromatic nitrogens is 3. The van der Waals surface area contributed by atoms with Crippen LogP contribution in [0.3, 0.4) is 0 Å². The maximum Gasteiger partial charge on any atom is 0.247 e. The number of hydrogen-bond acceptors (Lipinski definition) is 7. The zero-order valence-electron chi connectivity index (χ0n) is 17.9. The van der Waals surface area contributed by atoms with Crippen LogP contribution in [0.2, 0.25) is 0 Å². The lowest BCUT2D eigenvalue weighted by Gasteiger charge is -2.27. The lowest BCUT2D eigenvalue weighted by Crippen LogP contribution is -2.36. The van der Waals surface area contributed by atoms with Crippen molar-refractivity contribution in [1.82, 2.24) is 19.1 Å². The molecule has 2 aromatic heterocycles. The second kappa shape index (κ2) is 8.81. The molecule has 0 fully saturated rings. The summed E-state index contributed by atoms with van der Waals surface area (Å²) >= 11 is 0. The highest BCUT2D eigenvalue weighted by atomic mass is 32.2. The highest BCUT2D eigenvalue weighted by molar-refractivity contribution is 7.89. The van der Waals surface area contributed by atoms with E-state index in [1.807, 2.05) is 18.5 Å². The highest BCUT2D eigenvalue weighted by Crippen LogP contribution is 2.32. The second-order valence-electron chi connectivity index (χ2n) is 7.23. The van der Waals surface area contributed by atoms with E-state index in [1.165, 1.54) is 4.31 Å². The monoisotopic (exact) mass is 446 g/mol. The minimum atomic E-state index is -3.67. The van der Waals surface area contributed by atoms with Gasteiger partial charge in [0.2, 0.25) is 15.9 Å². The first kappa shape index (κ1) is 21.5. The van der Waals surface area contributed by atoms with E-state index in [4.69, 9.17) is 19.0 Å². The van der Waals surface area contributed by atoms with Crippen LogP contribution in [-0.4, -0.2) is 54.4 Å². The van der Waals surface area contributed by atoms with Crippen LogP contribution >= 0.6 is 0 Å². The van der Waals surface area contributed by atoms with Crippen LogP contribution in [0.15, 0.2) is 39.8 Å².